The maximum atomic E-state index is 3.05. The summed E-state index contributed by atoms with van der Waals surface area (Å²) in [7, 11) is -6.75. The van der Waals surface area contributed by atoms with E-state index in [1.54, 1.807) is 0 Å². The molecule has 3 heterocycles. The summed E-state index contributed by atoms with van der Waals surface area (Å²) in [6.07, 6.45) is 0. The minimum Gasteiger partial charge on any atom is -0.378 e. The van der Waals surface area contributed by atoms with Gasteiger partial charge in [-0.1, -0.05) is 206 Å². The molecule has 2 aromatic heterocycles. The van der Waals surface area contributed by atoms with Crippen LogP contribution in [0.3, 0.4) is 0 Å². The first-order chi connectivity index (χ1) is 32.8. The van der Waals surface area contributed by atoms with Crippen molar-refractivity contribution < 1.29 is 0 Å². The molecule has 1 saturated heterocycles. The molecule has 66 heavy (non-hydrogen) atoms. The molecule has 0 amide bonds. The minimum atomic E-state index is -3.38. The van der Waals surface area contributed by atoms with Crippen molar-refractivity contribution in [3.8, 4) is 11.4 Å². The van der Waals surface area contributed by atoms with E-state index in [4.69, 9.17) is 0 Å². The van der Waals surface area contributed by atoms with E-state index in [1.165, 1.54) is 75.7 Å². The summed E-state index contributed by atoms with van der Waals surface area (Å²) >= 11 is 0. The second-order valence-electron chi connectivity index (χ2n) is 17.2. The van der Waals surface area contributed by atoms with Gasteiger partial charge >= 0.3 is 16.8 Å². The van der Waals surface area contributed by atoms with E-state index in [-0.39, 0.29) is 0 Å². The molecule has 0 unspecified atom stereocenters. The molecule has 4 nitrogen and oxygen atoms in total. The lowest BCUT2D eigenvalue weighted by Gasteiger charge is -2.73. The Morgan fingerprint density at radius 2 is 0.500 bits per heavy atom. The fraction of sp³-hybridized carbons (Fsp3) is 0. The van der Waals surface area contributed by atoms with Crippen molar-refractivity contribution >= 4 is 92.5 Å². The summed E-state index contributed by atoms with van der Waals surface area (Å²) < 4.78 is 11.0. The van der Waals surface area contributed by atoms with Crippen LogP contribution in [0.5, 0.6) is 0 Å². The molecule has 0 bridgehead atoms. The molecule has 10 aromatic carbocycles. The number of fused-ring (bicyclic) bond motifs is 6. The highest BCUT2D eigenvalue weighted by Crippen LogP contribution is 2.52. The molecule has 1 aliphatic rings. The lowest BCUT2D eigenvalue weighted by Crippen LogP contribution is -3.07. The summed E-state index contributed by atoms with van der Waals surface area (Å²) in [4.78, 5) is 0. The molecule has 312 valence electrons. The van der Waals surface area contributed by atoms with Crippen molar-refractivity contribution in [3.63, 3.8) is 0 Å². The average molecular weight is 877 g/mol. The molecule has 0 saturated carbocycles. The molecule has 0 spiro atoms. The SMILES string of the molecule is c1ccc(-n2c3ccccc3c3c(N4[Si](c5ccccc5)(c5ccccc5)N(c5cccc6c5c5ccccc5n6-c5ccccc5)[Si]4(c4ccccc4)c4ccccc4)cccc32)cc1. The third kappa shape index (κ3) is 5.31. The van der Waals surface area contributed by atoms with Gasteiger partial charge in [-0.05, 0) is 81.4 Å². The number of para-hydroxylation sites is 4. The number of anilines is 2. The van der Waals surface area contributed by atoms with Gasteiger partial charge in [0, 0.05) is 44.3 Å². The van der Waals surface area contributed by atoms with Gasteiger partial charge in [0.05, 0.1) is 22.1 Å². The normalized spacial score (nSPS) is 14.2. The van der Waals surface area contributed by atoms with Crippen LogP contribution in [0.25, 0.3) is 55.0 Å². The Kier molecular flexibility index (Phi) is 8.84. The van der Waals surface area contributed by atoms with Crippen LogP contribution in [0, 0.1) is 0 Å². The van der Waals surface area contributed by atoms with Crippen molar-refractivity contribution in [3.05, 3.63) is 267 Å². The fourth-order valence-electron chi connectivity index (χ4n) is 11.5. The van der Waals surface area contributed by atoms with Gasteiger partial charge in [-0.2, -0.15) is 0 Å². The van der Waals surface area contributed by atoms with Crippen LogP contribution in [0.15, 0.2) is 267 Å². The van der Waals surface area contributed by atoms with Gasteiger partial charge in [-0.3, -0.25) is 0 Å². The number of benzene rings is 10. The van der Waals surface area contributed by atoms with E-state index in [2.05, 4.69) is 285 Å². The number of aromatic nitrogens is 2. The molecular formula is C60H44N4Si2. The first-order valence-electron chi connectivity index (χ1n) is 22.8. The van der Waals surface area contributed by atoms with Crippen LogP contribution in [-0.4, -0.2) is 25.9 Å². The van der Waals surface area contributed by atoms with Crippen molar-refractivity contribution in [2.45, 2.75) is 0 Å². The molecule has 13 rings (SSSR count). The van der Waals surface area contributed by atoms with Crippen LogP contribution >= 0.6 is 0 Å². The van der Waals surface area contributed by atoms with Crippen molar-refractivity contribution in [2.24, 2.45) is 0 Å². The zero-order valence-corrected chi connectivity index (χ0v) is 38.2. The number of rotatable bonds is 8. The zero-order chi connectivity index (χ0) is 43.7. The first kappa shape index (κ1) is 38.3. The summed E-state index contributed by atoms with van der Waals surface area (Å²) in [6.45, 7) is 0. The standard InChI is InChI=1S/C60H44N4Si2/c1-7-25-45(26-8-1)61-53-39-21-19-37-51(53)59-55(61)41-23-43-57(59)63-65(47-29-11-3-12-30-47,48-31-13-4-14-32-48)64(66(63,49-33-15-5-16-34-49)50-35-17-6-18-36-50)58-44-24-42-56-60(58)52-38-20-22-40-54(52)62(56)46-27-9-2-10-28-46/h1-44H. The summed E-state index contributed by atoms with van der Waals surface area (Å²) in [5.74, 6) is 0. The Morgan fingerprint density at radius 3 is 0.833 bits per heavy atom. The summed E-state index contributed by atoms with van der Waals surface area (Å²) in [5.41, 5.74) is 9.59. The number of nitrogens with zero attached hydrogens (tertiary/aromatic N) is 4. The van der Waals surface area contributed by atoms with E-state index in [0.29, 0.717) is 0 Å². The largest absolute Gasteiger partial charge is 0.378 e. The molecule has 0 N–H and O–H groups in total. The first-order valence-corrected chi connectivity index (χ1v) is 26.6. The minimum absolute atomic E-state index is 1.15. The van der Waals surface area contributed by atoms with Crippen LogP contribution in [0.1, 0.15) is 0 Å². The Bertz CT molecular complexity index is 3370. The molecule has 1 aliphatic heterocycles. The van der Waals surface area contributed by atoms with Gasteiger partial charge < -0.3 is 17.6 Å². The molecule has 0 atom stereocenters. The third-order valence-corrected chi connectivity index (χ3v) is 25.9. The Hall–Kier alpha value is -8.17. The van der Waals surface area contributed by atoms with E-state index in [9.17, 15) is 0 Å². The van der Waals surface area contributed by atoms with Gasteiger partial charge in [-0.15, -0.1) is 0 Å². The van der Waals surface area contributed by atoms with Crippen LogP contribution in [0.2, 0.25) is 0 Å². The predicted molar refractivity (Wildman–Crippen MR) is 282 cm³/mol. The second-order valence-corrected chi connectivity index (χ2v) is 24.9. The van der Waals surface area contributed by atoms with Gasteiger partial charge in [0.15, 0.2) is 0 Å². The quantitative estimate of drug-likeness (QED) is 0.141. The molecule has 1 fully saturated rings. The Balaban J connectivity index is 1.26. The van der Waals surface area contributed by atoms with E-state index in [1.807, 2.05) is 0 Å². The maximum Gasteiger partial charge on any atom is 0.318 e. The Morgan fingerprint density at radius 1 is 0.227 bits per heavy atom. The second kappa shape index (κ2) is 15.2. The summed E-state index contributed by atoms with van der Waals surface area (Å²) in [5, 5.41) is 10.3. The molecule has 0 radical (unpaired) electrons. The van der Waals surface area contributed by atoms with Gasteiger partial charge in [-0.25, -0.2) is 0 Å². The van der Waals surface area contributed by atoms with Crippen molar-refractivity contribution in [1.29, 1.82) is 0 Å². The smallest absolute Gasteiger partial charge is 0.318 e. The highest BCUT2D eigenvalue weighted by Gasteiger charge is 2.75. The molecule has 6 heteroatoms. The van der Waals surface area contributed by atoms with E-state index in [0.717, 1.165) is 11.4 Å². The number of hydrogen-bond donors (Lipinski definition) is 0. The van der Waals surface area contributed by atoms with E-state index < -0.39 is 16.8 Å². The molecular weight excluding hydrogens is 833 g/mol. The lowest BCUT2D eigenvalue weighted by molar-refractivity contribution is 1.18. The lowest BCUT2D eigenvalue weighted by atomic mass is 10.1. The zero-order valence-electron chi connectivity index (χ0n) is 36.2. The maximum absolute atomic E-state index is 3.38. The third-order valence-electron chi connectivity index (χ3n) is 13.9. The van der Waals surface area contributed by atoms with Crippen LogP contribution in [-0.2, 0) is 0 Å². The highest BCUT2D eigenvalue weighted by atomic mass is 28.5. The number of hydrogen-bond acceptors (Lipinski definition) is 2. The molecule has 0 aliphatic carbocycles. The Labute approximate surface area is 386 Å². The summed E-state index contributed by atoms with van der Waals surface area (Å²) in [6, 6.07) is 99.8. The topological polar surface area (TPSA) is 16.3 Å². The van der Waals surface area contributed by atoms with E-state index >= 15 is 0 Å². The highest BCUT2D eigenvalue weighted by molar-refractivity contribution is 7.38. The van der Waals surface area contributed by atoms with Gasteiger partial charge in [0.2, 0.25) is 0 Å². The monoisotopic (exact) mass is 876 g/mol. The van der Waals surface area contributed by atoms with Crippen LogP contribution < -0.4 is 29.2 Å². The van der Waals surface area contributed by atoms with Crippen LogP contribution in [0.4, 0.5) is 11.4 Å². The van der Waals surface area contributed by atoms with Crippen molar-refractivity contribution in [1.82, 2.24) is 9.13 Å². The molecule has 12 aromatic rings. The van der Waals surface area contributed by atoms with Gasteiger partial charge in [0.25, 0.3) is 0 Å². The predicted octanol–water partition coefficient (Wildman–Crippen LogP) is 11.7. The fourth-order valence-corrected chi connectivity index (χ4v) is 26.7. The average Bonchev–Trinajstić information content (AvgIpc) is 3.92. The van der Waals surface area contributed by atoms with Gasteiger partial charge in [0.1, 0.15) is 0 Å². The van der Waals surface area contributed by atoms with Crippen molar-refractivity contribution in [2.75, 3.05) is 8.46 Å².